The van der Waals surface area contributed by atoms with Gasteiger partial charge in [0.1, 0.15) is 0 Å². The Morgan fingerprint density at radius 3 is 2.38 bits per heavy atom. The average molecular weight is 186 g/mol. The summed E-state index contributed by atoms with van der Waals surface area (Å²) in [5.41, 5.74) is 0. The Balaban J connectivity index is 2.43. The molecule has 3 nitrogen and oxygen atoms in total. The maximum atomic E-state index is 5.35. The Morgan fingerprint density at radius 2 is 2.08 bits per heavy atom. The van der Waals surface area contributed by atoms with Gasteiger partial charge in [-0.1, -0.05) is 6.92 Å². The van der Waals surface area contributed by atoms with E-state index in [0.29, 0.717) is 12.1 Å². The number of hydrogen-bond donors (Lipinski definition) is 1. The van der Waals surface area contributed by atoms with Crippen molar-refractivity contribution in [2.24, 2.45) is 0 Å². The number of likely N-dealkylation sites (N-methyl/N-ethyl adjacent to an activating group) is 1. The molecule has 1 heterocycles. The van der Waals surface area contributed by atoms with Crippen molar-refractivity contribution in [3.8, 4) is 0 Å². The molecule has 0 aromatic carbocycles. The van der Waals surface area contributed by atoms with Crippen LogP contribution < -0.4 is 5.32 Å². The van der Waals surface area contributed by atoms with Gasteiger partial charge >= 0.3 is 0 Å². The maximum absolute atomic E-state index is 5.35. The molecule has 78 valence electrons. The summed E-state index contributed by atoms with van der Waals surface area (Å²) in [6, 6.07) is 1.24. The molecule has 0 aliphatic carbocycles. The molecule has 0 radical (unpaired) electrons. The van der Waals surface area contributed by atoms with E-state index in [9.17, 15) is 0 Å². The van der Waals surface area contributed by atoms with Crippen LogP contribution in [0, 0.1) is 0 Å². The Bertz CT molecular complexity index is 148. The Hall–Kier alpha value is -0.120. The van der Waals surface area contributed by atoms with E-state index < -0.39 is 0 Å². The minimum atomic E-state index is 0.320. The quantitative estimate of drug-likeness (QED) is 0.684. The highest BCUT2D eigenvalue weighted by molar-refractivity contribution is 4.88. The normalized spacial score (nSPS) is 22.8. The third-order valence-corrected chi connectivity index (χ3v) is 3.17. The van der Waals surface area contributed by atoms with Crippen LogP contribution in [0.5, 0.6) is 0 Å². The zero-order valence-corrected chi connectivity index (χ0v) is 9.21. The van der Waals surface area contributed by atoms with E-state index in [1.165, 1.54) is 0 Å². The molecule has 0 aromatic heterocycles. The summed E-state index contributed by atoms with van der Waals surface area (Å²) in [5.74, 6) is 0. The molecule has 0 bridgehead atoms. The van der Waals surface area contributed by atoms with E-state index in [2.05, 4.69) is 31.0 Å². The van der Waals surface area contributed by atoms with Crippen LogP contribution in [0.4, 0.5) is 0 Å². The average Bonchev–Trinajstić information content (AvgIpc) is 2.08. The summed E-state index contributed by atoms with van der Waals surface area (Å²) >= 11 is 0. The topological polar surface area (TPSA) is 24.5 Å². The SMILES string of the molecule is CCN(C1CNC1)C(C)C(C)OC. The van der Waals surface area contributed by atoms with Crippen molar-refractivity contribution in [2.75, 3.05) is 26.7 Å². The summed E-state index contributed by atoms with van der Waals surface area (Å²) in [7, 11) is 1.79. The second kappa shape index (κ2) is 4.94. The second-order valence-electron chi connectivity index (χ2n) is 3.82. The van der Waals surface area contributed by atoms with Gasteiger partial charge in [0.25, 0.3) is 0 Å². The van der Waals surface area contributed by atoms with Crippen LogP contribution in [0.2, 0.25) is 0 Å². The number of ether oxygens (including phenoxy) is 1. The van der Waals surface area contributed by atoms with E-state index in [4.69, 9.17) is 4.74 Å². The molecule has 13 heavy (non-hydrogen) atoms. The molecule has 2 atom stereocenters. The van der Waals surface area contributed by atoms with Crippen molar-refractivity contribution in [1.29, 1.82) is 0 Å². The van der Waals surface area contributed by atoms with Gasteiger partial charge in [-0.05, 0) is 20.4 Å². The van der Waals surface area contributed by atoms with Gasteiger partial charge in [-0.3, -0.25) is 4.90 Å². The van der Waals surface area contributed by atoms with Gasteiger partial charge < -0.3 is 10.1 Å². The first-order valence-electron chi connectivity index (χ1n) is 5.20. The summed E-state index contributed by atoms with van der Waals surface area (Å²) in [4.78, 5) is 2.52. The molecule has 1 saturated heterocycles. The van der Waals surface area contributed by atoms with E-state index in [1.807, 2.05) is 0 Å². The maximum Gasteiger partial charge on any atom is 0.0695 e. The van der Waals surface area contributed by atoms with Crippen LogP contribution in [0.15, 0.2) is 0 Å². The lowest BCUT2D eigenvalue weighted by molar-refractivity contribution is 0.00499. The minimum absolute atomic E-state index is 0.320. The monoisotopic (exact) mass is 186 g/mol. The van der Waals surface area contributed by atoms with E-state index in [0.717, 1.165) is 25.7 Å². The smallest absolute Gasteiger partial charge is 0.0695 e. The van der Waals surface area contributed by atoms with Crippen molar-refractivity contribution < 1.29 is 4.74 Å². The summed E-state index contributed by atoms with van der Waals surface area (Å²) < 4.78 is 5.35. The van der Waals surface area contributed by atoms with Crippen molar-refractivity contribution in [3.05, 3.63) is 0 Å². The van der Waals surface area contributed by atoms with Crippen molar-refractivity contribution >= 4 is 0 Å². The predicted octanol–water partition coefficient (Wildman–Crippen LogP) is 0.703. The lowest BCUT2D eigenvalue weighted by atomic mass is 10.1. The molecular weight excluding hydrogens is 164 g/mol. The van der Waals surface area contributed by atoms with Gasteiger partial charge in [0.2, 0.25) is 0 Å². The second-order valence-corrected chi connectivity index (χ2v) is 3.82. The Labute approximate surface area is 81.4 Å². The molecular formula is C10H22N2O. The van der Waals surface area contributed by atoms with Gasteiger partial charge in [0.15, 0.2) is 0 Å². The molecule has 2 unspecified atom stereocenters. The standard InChI is InChI=1S/C10H22N2O/c1-5-12(10-6-11-7-10)8(2)9(3)13-4/h8-11H,5-7H2,1-4H3. The van der Waals surface area contributed by atoms with E-state index >= 15 is 0 Å². The van der Waals surface area contributed by atoms with E-state index in [1.54, 1.807) is 7.11 Å². The molecule has 0 saturated carbocycles. The summed E-state index contributed by atoms with van der Waals surface area (Å²) in [6.45, 7) is 9.98. The van der Waals surface area contributed by atoms with Crippen LogP contribution in [0.1, 0.15) is 20.8 Å². The number of nitrogens with zero attached hydrogens (tertiary/aromatic N) is 1. The zero-order chi connectivity index (χ0) is 9.84. The van der Waals surface area contributed by atoms with Crippen LogP contribution in [-0.2, 0) is 4.74 Å². The Kier molecular flexibility index (Phi) is 4.16. The molecule has 0 aromatic rings. The number of rotatable bonds is 5. The van der Waals surface area contributed by atoms with Crippen molar-refractivity contribution in [2.45, 2.75) is 39.0 Å². The third kappa shape index (κ3) is 2.42. The third-order valence-electron chi connectivity index (χ3n) is 3.17. The largest absolute Gasteiger partial charge is 0.380 e. The summed E-state index contributed by atoms with van der Waals surface area (Å²) in [5, 5.41) is 3.31. The lowest BCUT2D eigenvalue weighted by Gasteiger charge is -2.42. The van der Waals surface area contributed by atoms with Crippen LogP contribution in [0.3, 0.4) is 0 Å². The first-order valence-corrected chi connectivity index (χ1v) is 5.20. The van der Waals surface area contributed by atoms with Crippen LogP contribution in [0.25, 0.3) is 0 Å². The first-order chi connectivity index (χ1) is 6.20. The zero-order valence-electron chi connectivity index (χ0n) is 9.21. The fraction of sp³-hybridized carbons (Fsp3) is 1.00. The van der Waals surface area contributed by atoms with Crippen LogP contribution >= 0.6 is 0 Å². The molecule has 1 N–H and O–H groups in total. The lowest BCUT2D eigenvalue weighted by Crippen LogP contribution is -2.61. The van der Waals surface area contributed by atoms with Gasteiger partial charge in [0, 0.05) is 32.3 Å². The molecule has 1 aliphatic rings. The number of hydrogen-bond acceptors (Lipinski definition) is 3. The number of nitrogens with one attached hydrogen (secondary N) is 1. The van der Waals surface area contributed by atoms with Gasteiger partial charge in [-0.25, -0.2) is 0 Å². The number of methoxy groups -OCH3 is 1. The predicted molar refractivity (Wildman–Crippen MR) is 55.0 cm³/mol. The van der Waals surface area contributed by atoms with Crippen molar-refractivity contribution in [3.63, 3.8) is 0 Å². The first kappa shape index (κ1) is 11.0. The van der Waals surface area contributed by atoms with Gasteiger partial charge in [-0.2, -0.15) is 0 Å². The summed E-state index contributed by atoms with van der Waals surface area (Å²) in [6.07, 6.45) is 0.320. The van der Waals surface area contributed by atoms with Gasteiger partial charge in [-0.15, -0.1) is 0 Å². The van der Waals surface area contributed by atoms with E-state index in [-0.39, 0.29) is 0 Å². The van der Waals surface area contributed by atoms with Crippen LogP contribution in [-0.4, -0.2) is 49.8 Å². The Morgan fingerprint density at radius 1 is 1.46 bits per heavy atom. The molecule has 0 spiro atoms. The fourth-order valence-electron chi connectivity index (χ4n) is 1.85. The van der Waals surface area contributed by atoms with Gasteiger partial charge in [0.05, 0.1) is 6.10 Å². The highest BCUT2D eigenvalue weighted by atomic mass is 16.5. The molecule has 1 rings (SSSR count). The fourth-order valence-corrected chi connectivity index (χ4v) is 1.85. The molecule has 1 fully saturated rings. The highest BCUT2D eigenvalue weighted by Crippen LogP contribution is 2.13. The molecule has 0 amide bonds. The molecule has 1 aliphatic heterocycles. The van der Waals surface area contributed by atoms with Crippen molar-refractivity contribution in [1.82, 2.24) is 10.2 Å². The minimum Gasteiger partial charge on any atom is -0.380 e. The highest BCUT2D eigenvalue weighted by Gasteiger charge is 2.29. The molecule has 3 heteroatoms.